The Hall–Kier alpha value is -1.88. The van der Waals surface area contributed by atoms with E-state index < -0.39 is 0 Å². The number of thioether (sulfide) groups is 1. The van der Waals surface area contributed by atoms with Gasteiger partial charge in [-0.05, 0) is 53.6 Å². The summed E-state index contributed by atoms with van der Waals surface area (Å²) in [5, 5.41) is 0.982. The molecule has 138 valence electrons. The first-order chi connectivity index (χ1) is 13.0. The van der Waals surface area contributed by atoms with Gasteiger partial charge in [0.1, 0.15) is 5.76 Å². The second-order valence-corrected chi connectivity index (χ2v) is 7.88. The highest BCUT2D eigenvalue weighted by molar-refractivity contribution is 7.98. The molecular weight excluding hydrogens is 403 g/mol. The van der Waals surface area contributed by atoms with Crippen molar-refractivity contribution in [3.05, 3.63) is 63.5 Å². The van der Waals surface area contributed by atoms with E-state index in [1.54, 1.807) is 12.3 Å². The first-order valence-corrected chi connectivity index (χ1v) is 10.4. The normalized spacial score (nSPS) is 12.4. The van der Waals surface area contributed by atoms with Gasteiger partial charge in [0.05, 0.1) is 29.0 Å². The molecule has 2 aromatic carbocycles. The Morgan fingerprint density at radius 3 is 2.63 bits per heavy atom. The zero-order valence-electron chi connectivity index (χ0n) is 14.8. The number of aryl methyl sites for hydroxylation is 2. The first kappa shape index (κ1) is 18.5. The Kier molecular flexibility index (Phi) is 4.97. The molecule has 0 spiro atoms. The van der Waals surface area contributed by atoms with Gasteiger partial charge in [0.2, 0.25) is 0 Å². The van der Waals surface area contributed by atoms with Crippen molar-refractivity contribution in [3.8, 4) is 22.3 Å². The number of ether oxygens (including phenoxy) is 1. The van der Waals surface area contributed by atoms with Crippen molar-refractivity contribution in [2.24, 2.45) is 0 Å². The monoisotopic (exact) mass is 418 g/mol. The van der Waals surface area contributed by atoms with Crippen LogP contribution in [0.3, 0.4) is 0 Å². The minimum absolute atomic E-state index is 0.355. The molecule has 0 saturated carbocycles. The molecule has 0 radical (unpaired) electrons. The van der Waals surface area contributed by atoms with E-state index in [1.807, 2.05) is 24.5 Å². The summed E-state index contributed by atoms with van der Waals surface area (Å²) in [5.74, 6) is 0.550. The number of halogens is 2. The maximum Gasteiger partial charge on any atom is 0.339 e. The van der Waals surface area contributed by atoms with E-state index in [0.29, 0.717) is 15.6 Å². The van der Waals surface area contributed by atoms with Crippen LogP contribution in [-0.4, -0.2) is 19.3 Å². The van der Waals surface area contributed by atoms with Crippen LogP contribution in [0.15, 0.2) is 45.9 Å². The summed E-state index contributed by atoms with van der Waals surface area (Å²) in [6.45, 7) is 0. The lowest BCUT2D eigenvalue weighted by molar-refractivity contribution is 0.0597. The van der Waals surface area contributed by atoms with Gasteiger partial charge in [-0.3, -0.25) is 0 Å². The average Bonchev–Trinajstić information content (AvgIpc) is 3.16. The van der Waals surface area contributed by atoms with E-state index in [-0.39, 0.29) is 5.97 Å². The highest BCUT2D eigenvalue weighted by Crippen LogP contribution is 2.45. The molecule has 0 saturated heterocycles. The van der Waals surface area contributed by atoms with Crippen LogP contribution in [0.5, 0.6) is 0 Å². The highest BCUT2D eigenvalue weighted by atomic mass is 35.5. The van der Waals surface area contributed by atoms with Crippen LogP contribution in [-0.2, 0) is 17.6 Å². The largest absolute Gasteiger partial charge is 0.469 e. The molecule has 0 atom stereocenters. The highest BCUT2D eigenvalue weighted by Gasteiger charge is 2.29. The molecule has 0 fully saturated rings. The van der Waals surface area contributed by atoms with Gasteiger partial charge in [-0.25, -0.2) is 4.79 Å². The van der Waals surface area contributed by atoms with Crippen molar-refractivity contribution in [1.82, 2.24) is 0 Å². The Labute approximate surface area is 171 Å². The molecule has 1 aliphatic rings. The average molecular weight is 419 g/mol. The van der Waals surface area contributed by atoms with Gasteiger partial charge in [0.15, 0.2) is 0 Å². The standard InChI is InChI=1S/C21H16Cl2O3S/c1-25-21(24)19-18-12(4-6-17-13(18)7-8-26-17)9-14(20(19)27-2)11-3-5-15(22)16(23)10-11/h3,5,7-10H,4,6H2,1-2H3. The van der Waals surface area contributed by atoms with E-state index in [1.165, 1.54) is 18.9 Å². The SMILES string of the molecule is COC(=O)c1c(SC)c(-c2ccc(Cl)c(Cl)c2)cc2c1-c1ccoc1CC2. The number of fused-ring (bicyclic) bond motifs is 3. The molecule has 1 aromatic heterocycles. The minimum Gasteiger partial charge on any atom is -0.469 e. The van der Waals surface area contributed by atoms with Gasteiger partial charge in [-0.1, -0.05) is 29.3 Å². The van der Waals surface area contributed by atoms with Gasteiger partial charge >= 0.3 is 5.97 Å². The molecule has 6 heteroatoms. The molecular formula is C21H16Cl2O3S. The van der Waals surface area contributed by atoms with Gasteiger partial charge < -0.3 is 9.15 Å². The van der Waals surface area contributed by atoms with Crippen LogP contribution >= 0.6 is 35.0 Å². The molecule has 0 amide bonds. The van der Waals surface area contributed by atoms with Crippen LogP contribution in [0.25, 0.3) is 22.3 Å². The molecule has 0 aliphatic heterocycles. The molecule has 0 N–H and O–H groups in total. The van der Waals surface area contributed by atoms with Crippen molar-refractivity contribution in [2.75, 3.05) is 13.4 Å². The number of benzene rings is 2. The summed E-state index contributed by atoms with van der Waals surface area (Å²) in [4.78, 5) is 13.6. The number of hydrogen-bond acceptors (Lipinski definition) is 4. The van der Waals surface area contributed by atoms with Crippen LogP contribution in [0, 0.1) is 0 Å². The van der Waals surface area contributed by atoms with Crippen LogP contribution < -0.4 is 0 Å². The maximum absolute atomic E-state index is 12.8. The Balaban J connectivity index is 2.05. The summed E-state index contributed by atoms with van der Waals surface area (Å²) < 4.78 is 10.7. The summed E-state index contributed by atoms with van der Waals surface area (Å²) in [5.41, 5.74) is 5.42. The quantitative estimate of drug-likeness (QED) is 0.358. The summed E-state index contributed by atoms with van der Waals surface area (Å²) >= 11 is 13.8. The molecule has 1 heterocycles. The van der Waals surface area contributed by atoms with Gasteiger partial charge in [0.25, 0.3) is 0 Å². The number of carbonyl (C=O) groups excluding carboxylic acids is 1. The fourth-order valence-corrected chi connectivity index (χ4v) is 4.70. The van der Waals surface area contributed by atoms with Gasteiger partial charge in [0, 0.05) is 22.4 Å². The summed E-state index contributed by atoms with van der Waals surface area (Å²) in [6.07, 6.45) is 5.22. The smallest absolute Gasteiger partial charge is 0.339 e. The van der Waals surface area contributed by atoms with Crippen LogP contribution in [0.4, 0.5) is 0 Å². The van der Waals surface area contributed by atoms with Crippen molar-refractivity contribution < 1.29 is 13.9 Å². The lowest BCUT2D eigenvalue weighted by Gasteiger charge is -2.23. The van der Waals surface area contributed by atoms with Gasteiger partial charge in [-0.15, -0.1) is 11.8 Å². The van der Waals surface area contributed by atoms with Crippen LogP contribution in [0.2, 0.25) is 10.0 Å². The molecule has 3 nitrogen and oxygen atoms in total. The Morgan fingerprint density at radius 2 is 1.93 bits per heavy atom. The van der Waals surface area contributed by atoms with E-state index in [9.17, 15) is 4.79 Å². The third kappa shape index (κ3) is 3.06. The van der Waals surface area contributed by atoms with Crippen molar-refractivity contribution in [1.29, 1.82) is 0 Å². The maximum atomic E-state index is 12.8. The fourth-order valence-electron chi connectivity index (χ4n) is 3.62. The fraction of sp³-hybridized carbons (Fsp3) is 0.190. The number of methoxy groups -OCH3 is 1. The number of esters is 1. The predicted molar refractivity (Wildman–Crippen MR) is 110 cm³/mol. The molecule has 0 unspecified atom stereocenters. The molecule has 27 heavy (non-hydrogen) atoms. The second kappa shape index (κ2) is 7.27. The predicted octanol–water partition coefficient (Wildman–Crippen LogP) is 6.53. The summed E-state index contributed by atoms with van der Waals surface area (Å²) in [7, 11) is 1.41. The molecule has 4 rings (SSSR count). The topological polar surface area (TPSA) is 39.4 Å². The molecule has 1 aliphatic carbocycles. The van der Waals surface area contributed by atoms with E-state index in [2.05, 4.69) is 6.07 Å². The van der Waals surface area contributed by atoms with Crippen LogP contribution in [0.1, 0.15) is 21.7 Å². The lowest BCUT2D eigenvalue weighted by Crippen LogP contribution is -2.12. The van der Waals surface area contributed by atoms with E-state index >= 15 is 0 Å². The third-order valence-electron chi connectivity index (χ3n) is 4.82. The van der Waals surface area contributed by atoms with Crippen molar-refractivity contribution in [3.63, 3.8) is 0 Å². The number of rotatable bonds is 3. The molecule has 3 aromatic rings. The van der Waals surface area contributed by atoms with Crippen molar-refractivity contribution in [2.45, 2.75) is 17.7 Å². The first-order valence-electron chi connectivity index (χ1n) is 8.39. The van der Waals surface area contributed by atoms with E-state index in [0.717, 1.165) is 51.3 Å². The zero-order valence-corrected chi connectivity index (χ0v) is 17.1. The lowest BCUT2D eigenvalue weighted by atomic mass is 9.84. The second-order valence-electron chi connectivity index (χ2n) is 6.24. The Bertz CT molecular complexity index is 1060. The summed E-state index contributed by atoms with van der Waals surface area (Å²) in [6, 6.07) is 9.59. The number of furan rings is 1. The number of hydrogen-bond donors (Lipinski definition) is 0. The third-order valence-corrected chi connectivity index (χ3v) is 6.39. The van der Waals surface area contributed by atoms with Gasteiger partial charge in [-0.2, -0.15) is 0 Å². The zero-order chi connectivity index (χ0) is 19.1. The Morgan fingerprint density at radius 1 is 1.11 bits per heavy atom. The minimum atomic E-state index is -0.355. The van der Waals surface area contributed by atoms with E-state index in [4.69, 9.17) is 32.4 Å². The molecule has 0 bridgehead atoms. The van der Waals surface area contributed by atoms with Crippen molar-refractivity contribution >= 4 is 40.9 Å². The number of carbonyl (C=O) groups is 1.